The fraction of sp³-hybridized carbons (Fsp3) is 0.833. The number of hydrogen-bond acceptors (Lipinski definition) is 2. The van der Waals surface area contributed by atoms with Crippen LogP contribution in [0.3, 0.4) is 0 Å². The molecular weight excluding hydrogens is 134 g/mol. The van der Waals surface area contributed by atoms with Crippen LogP contribution in [0, 0.1) is 0 Å². The molecule has 0 aromatic rings. The maximum Gasteiger partial charge on any atom is 0.233 e. The van der Waals surface area contributed by atoms with E-state index in [2.05, 4.69) is 13.8 Å². The van der Waals surface area contributed by atoms with Gasteiger partial charge >= 0.3 is 0 Å². The quantitative estimate of drug-likeness (QED) is 0.478. The molecule has 1 heterocycles. The van der Waals surface area contributed by atoms with Crippen molar-refractivity contribution in [3.8, 4) is 0 Å². The highest BCUT2D eigenvalue weighted by atomic mass is 32.2. The van der Waals surface area contributed by atoms with Crippen LogP contribution < -0.4 is 0 Å². The molecule has 2 nitrogen and oxygen atoms in total. The normalized spacial score (nSPS) is 25.2. The van der Waals surface area contributed by atoms with E-state index in [1.807, 2.05) is 7.05 Å². The minimum absolute atomic E-state index is 0.131. The molecule has 9 heavy (non-hydrogen) atoms. The highest BCUT2D eigenvalue weighted by Crippen LogP contribution is 2.37. The molecule has 0 saturated carbocycles. The van der Waals surface area contributed by atoms with Crippen molar-refractivity contribution in [2.24, 2.45) is 0 Å². The molecule has 0 atom stereocenters. The summed E-state index contributed by atoms with van der Waals surface area (Å²) in [5, 5.41) is 0. The predicted octanol–water partition coefficient (Wildman–Crippen LogP) is 1.28. The van der Waals surface area contributed by atoms with Crippen LogP contribution in [0.25, 0.3) is 0 Å². The summed E-state index contributed by atoms with van der Waals surface area (Å²) in [6, 6.07) is 0. The number of amides is 1. The van der Waals surface area contributed by atoms with Crippen LogP contribution >= 0.6 is 11.9 Å². The van der Waals surface area contributed by atoms with Crippen molar-refractivity contribution in [1.82, 2.24) is 4.31 Å². The zero-order valence-electron chi connectivity index (χ0n) is 5.97. The molecular formula is C6H11NOS. The molecule has 0 N–H and O–H groups in total. The van der Waals surface area contributed by atoms with Gasteiger partial charge in [0.25, 0.3) is 0 Å². The molecule has 1 fully saturated rings. The van der Waals surface area contributed by atoms with Crippen LogP contribution in [-0.4, -0.2) is 22.0 Å². The second-order valence-electron chi connectivity index (χ2n) is 2.92. The van der Waals surface area contributed by atoms with Gasteiger partial charge in [0.2, 0.25) is 5.91 Å². The van der Waals surface area contributed by atoms with E-state index in [0.717, 1.165) is 0 Å². The van der Waals surface area contributed by atoms with Crippen LogP contribution in [0.1, 0.15) is 20.3 Å². The molecule has 0 aromatic heterocycles. The van der Waals surface area contributed by atoms with Gasteiger partial charge in [0.15, 0.2) is 0 Å². The smallest absolute Gasteiger partial charge is 0.233 e. The maximum atomic E-state index is 10.9. The molecule has 0 aliphatic carbocycles. The Kier molecular flexibility index (Phi) is 1.47. The second-order valence-corrected chi connectivity index (χ2v) is 4.75. The summed E-state index contributed by atoms with van der Waals surface area (Å²) in [5.41, 5.74) is 0. The van der Waals surface area contributed by atoms with E-state index >= 15 is 0 Å². The van der Waals surface area contributed by atoms with E-state index in [1.165, 1.54) is 0 Å². The van der Waals surface area contributed by atoms with Crippen molar-refractivity contribution in [2.45, 2.75) is 25.0 Å². The minimum Gasteiger partial charge on any atom is -0.289 e. The summed E-state index contributed by atoms with van der Waals surface area (Å²) in [5.74, 6) is 0.241. The standard InChI is InChI=1S/C6H11NOS/c1-6(2)4-5(8)7(3)9-6/h4H2,1-3H3. The van der Waals surface area contributed by atoms with Crippen LogP contribution in [0.2, 0.25) is 0 Å². The van der Waals surface area contributed by atoms with Gasteiger partial charge in [-0.05, 0) is 25.8 Å². The Morgan fingerprint density at radius 2 is 2.22 bits per heavy atom. The lowest BCUT2D eigenvalue weighted by atomic mass is 10.1. The predicted molar refractivity (Wildman–Crippen MR) is 39.1 cm³/mol. The topological polar surface area (TPSA) is 20.3 Å². The number of nitrogens with zero attached hydrogens (tertiary/aromatic N) is 1. The molecule has 0 bridgehead atoms. The van der Waals surface area contributed by atoms with Gasteiger partial charge in [-0.15, -0.1) is 0 Å². The van der Waals surface area contributed by atoms with Crippen LogP contribution in [0.5, 0.6) is 0 Å². The molecule has 52 valence electrons. The second kappa shape index (κ2) is 1.90. The van der Waals surface area contributed by atoms with E-state index < -0.39 is 0 Å². The minimum atomic E-state index is 0.131. The van der Waals surface area contributed by atoms with Crippen molar-refractivity contribution in [2.75, 3.05) is 7.05 Å². The summed E-state index contributed by atoms with van der Waals surface area (Å²) >= 11 is 1.61. The van der Waals surface area contributed by atoms with Gasteiger partial charge in [-0.25, -0.2) is 0 Å². The first-order valence-electron chi connectivity index (χ1n) is 2.97. The van der Waals surface area contributed by atoms with Crippen molar-refractivity contribution < 1.29 is 4.79 Å². The van der Waals surface area contributed by atoms with E-state index in [1.54, 1.807) is 16.3 Å². The Balaban J connectivity index is 2.65. The first-order chi connectivity index (χ1) is 4.01. The Bertz CT molecular complexity index is 144. The van der Waals surface area contributed by atoms with Gasteiger partial charge in [-0.1, -0.05) is 0 Å². The lowest BCUT2D eigenvalue weighted by Gasteiger charge is -2.13. The lowest BCUT2D eigenvalue weighted by molar-refractivity contribution is -0.124. The van der Waals surface area contributed by atoms with Crippen molar-refractivity contribution >= 4 is 17.9 Å². The monoisotopic (exact) mass is 145 g/mol. The van der Waals surface area contributed by atoms with E-state index in [-0.39, 0.29) is 10.7 Å². The van der Waals surface area contributed by atoms with Crippen LogP contribution in [-0.2, 0) is 4.79 Å². The SMILES string of the molecule is CN1SC(C)(C)CC1=O. The van der Waals surface area contributed by atoms with Gasteiger partial charge in [-0.2, -0.15) is 0 Å². The van der Waals surface area contributed by atoms with Gasteiger partial charge in [0.1, 0.15) is 0 Å². The summed E-state index contributed by atoms with van der Waals surface area (Å²) in [6.45, 7) is 4.16. The van der Waals surface area contributed by atoms with Gasteiger partial charge < -0.3 is 0 Å². The first-order valence-corrected chi connectivity index (χ1v) is 3.74. The largest absolute Gasteiger partial charge is 0.289 e. The molecule has 0 unspecified atom stereocenters. The number of rotatable bonds is 0. The first kappa shape index (κ1) is 6.93. The number of carbonyl (C=O) groups is 1. The molecule has 1 rings (SSSR count). The molecule has 1 saturated heterocycles. The highest BCUT2D eigenvalue weighted by molar-refractivity contribution is 7.99. The zero-order chi connectivity index (χ0) is 7.07. The van der Waals surface area contributed by atoms with Crippen LogP contribution in [0.15, 0.2) is 0 Å². The Morgan fingerprint density at radius 1 is 1.67 bits per heavy atom. The van der Waals surface area contributed by atoms with Crippen molar-refractivity contribution in [3.63, 3.8) is 0 Å². The molecule has 1 amide bonds. The third-order valence-electron chi connectivity index (χ3n) is 1.31. The highest BCUT2D eigenvalue weighted by Gasteiger charge is 2.34. The third-order valence-corrected chi connectivity index (χ3v) is 2.43. The van der Waals surface area contributed by atoms with Gasteiger partial charge in [0.05, 0.1) is 0 Å². The Labute approximate surface area is 59.7 Å². The number of hydrogen-bond donors (Lipinski definition) is 0. The molecule has 0 aromatic carbocycles. The van der Waals surface area contributed by atoms with Crippen molar-refractivity contribution in [3.05, 3.63) is 0 Å². The summed E-state index contributed by atoms with van der Waals surface area (Å²) in [6.07, 6.45) is 0.675. The molecule has 0 spiro atoms. The third kappa shape index (κ3) is 1.39. The van der Waals surface area contributed by atoms with E-state index in [0.29, 0.717) is 6.42 Å². The Hall–Kier alpha value is -0.180. The average Bonchev–Trinajstić information content (AvgIpc) is 1.79. The van der Waals surface area contributed by atoms with E-state index in [9.17, 15) is 4.79 Å². The fourth-order valence-corrected chi connectivity index (χ4v) is 2.03. The Morgan fingerprint density at radius 3 is 2.33 bits per heavy atom. The molecule has 1 aliphatic rings. The summed E-state index contributed by atoms with van der Waals surface area (Å²) in [7, 11) is 1.82. The lowest BCUT2D eigenvalue weighted by Crippen LogP contribution is -2.11. The van der Waals surface area contributed by atoms with Crippen molar-refractivity contribution in [1.29, 1.82) is 0 Å². The number of carbonyl (C=O) groups excluding carboxylic acids is 1. The summed E-state index contributed by atoms with van der Waals surface area (Å²) < 4.78 is 1.84. The molecule has 0 radical (unpaired) electrons. The van der Waals surface area contributed by atoms with Gasteiger partial charge in [-0.3, -0.25) is 9.10 Å². The zero-order valence-corrected chi connectivity index (χ0v) is 6.79. The van der Waals surface area contributed by atoms with Gasteiger partial charge in [0, 0.05) is 18.2 Å². The van der Waals surface area contributed by atoms with E-state index in [4.69, 9.17) is 0 Å². The van der Waals surface area contributed by atoms with Crippen LogP contribution in [0.4, 0.5) is 0 Å². The summed E-state index contributed by atoms with van der Waals surface area (Å²) in [4.78, 5) is 10.9. The maximum absolute atomic E-state index is 10.9. The molecule has 1 aliphatic heterocycles. The average molecular weight is 145 g/mol. The molecule has 3 heteroatoms. The fourth-order valence-electron chi connectivity index (χ4n) is 0.929.